The van der Waals surface area contributed by atoms with E-state index in [1.165, 1.54) is 10.8 Å². The van der Waals surface area contributed by atoms with Crippen LogP contribution in [0.5, 0.6) is 0 Å². The Morgan fingerprint density at radius 1 is 0.500 bits per heavy atom. The lowest BCUT2D eigenvalue weighted by molar-refractivity contribution is 0.518. The minimum Gasteiger partial charge on any atom is -0.449 e. The molecule has 0 bridgehead atoms. The van der Waals surface area contributed by atoms with Crippen LogP contribution in [0.3, 0.4) is 0 Å². The fraction of sp³-hybridized carbons (Fsp3) is 0.0714. The van der Waals surface area contributed by atoms with Gasteiger partial charge in [-0.05, 0) is 41.2 Å². The fourth-order valence-electron chi connectivity index (χ4n) is 4.57. The van der Waals surface area contributed by atoms with Gasteiger partial charge in [0.25, 0.3) is 0 Å². The van der Waals surface area contributed by atoms with E-state index in [2.05, 4.69) is 97.4 Å². The van der Waals surface area contributed by atoms with Gasteiger partial charge in [-0.3, -0.25) is 0 Å². The van der Waals surface area contributed by atoms with Crippen LogP contribution in [0, 0.1) is 0 Å². The molecule has 0 unspecified atom stereocenters. The monoisotopic (exact) mass is 452 g/mol. The zero-order valence-corrected chi connectivity index (χ0v) is 19.3. The number of rotatable bonds is 4. The summed E-state index contributed by atoms with van der Waals surface area (Å²) in [5.74, 6) is 0. The molecule has 4 aromatic carbocycles. The summed E-state index contributed by atoms with van der Waals surface area (Å²) in [6.45, 7) is 0. The maximum Gasteiger partial charge on any atom is 0.169 e. The van der Waals surface area contributed by atoms with E-state index >= 15 is 0 Å². The molecule has 0 N–H and O–H groups in total. The second-order valence-corrected chi connectivity index (χ2v) is 9.20. The van der Waals surface area contributed by atoms with Crippen LogP contribution in [0.1, 0.15) is 0 Å². The molecule has 32 heavy (non-hydrogen) atoms. The lowest BCUT2D eigenvalue weighted by Gasteiger charge is -2.07. The van der Waals surface area contributed by atoms with Gasteiger partial charge in [-0.1, -0.05) is 96.3 Å². The highest BCUT2D eigenvalue weighted by molar-refractivity contribution is 7.98. The van der Waals surface area contributed by atoms with Crippen LogP contribution in [-0.2, 0) is 0 Å². The molecule has 6 aromatic rings. The number of fused-ring (bicyclic) bond motifs is 5. The Morgan fingerprint density at radius 2 is 0.938 bits per heavy atom. The molecule has 0 amide bonds. The molecule has 2 heterocycles. The first-order valence-electron chi connectivity index (χ1n) is 10.4. The smallest absolute Gasteiger partial charge is 0.169 e. The highest BCUT2D eigenvalue weighted by Gasteiger charge is 2.23. The van der Waals surface area contributed by atoms with E-state index < -0.39 is 0 Å². The molecular weight excluding hydrogens is 432 g/mol. The number of hydrogen-bond donors (Lipinski definition) is 0. The highest BCUT2D eigenvalue weighted by atomic mass is 32.2. The van der Waals surface area contributed by atoms with Crippen molar-refractivity contribution in [3.63, 3.8) is 0 Å². The van der Waals surface area contributed by atoms with E-state index in [1.54, 1.807) is 23.5 Å². The molecule has 0 spiro atoms. The third-order valence-corrected chi connectivity index (χ3v) is 7.24. The molecule has 0 atom stereocenters. The van der Waals surface area contributed by atoms with E-state index in [-0.39, 0.29) is 0 Å². The number of hydrogen-bond acceptors (Lipinski definition) is 4. The number of benzene rings is 4. The normalized spacial score (nSPS) is 11.7. The first kappa shape index (κ1) is 19.6. The second-order valence-electron chi connectivity index (χ2n) is 7.64. The second kappa shape index (κ2) is 7.80. The van der Waals surface area contributed by atoms with E-state index in [1.807, 2.05) is 0 Å². The highest BCUT2D eigenvalue weighted by Crippen LogP contribution is 2.48. The van der Waals surface area contributed by atoms with Crippen molar-refractivity contribution in [2.24, 2.45) is 0 Å². The van der Waals surface area contributed by atoms with Crippen LogP contribution >= 0.6 is 23.5 Å². The Labute approximate surface area is 194 Å². The van der Waals surface area contributed by atoms with Gasteiger partial charge in [0, 0.05) is 27.3 Å². The molecule has 156 valence electrons. The zero-order valence-electron chi connectivity index (χ0n) is 17.7. The Bertz CT molecular complexity index is 1460. The van der Waals surface area contributed by atoms with Gasteiger partial charge >= 0.3 is 0 Å². The first-order valence-corrected chi connectivity index (χ1v) is 12.9. The molecule has 4 heteroatoms. The summed E-state index contributed by atoms with van der Waals surface area (Å²) in [4.78, 5) is 0. The van der Waals surface area contributed by atoms with E-state index in [0.29, 0.717) is 0 Å². The van der Waals surface area contributed by atoms with Crippen LogP contribution in [0.4, 0.5) is 0 Å². The summed E-state index contributed by atoms with van der Waals surface area (Å²) >= 11 is 3.29. The fourth-order valence-corrected chi connectivity index (χ4v) is 5.77. The van der Waals surface area contributed by atoms with Crippen LogP contribution < -0.4 is 0 Å². The van der Waals surface area contributed by atoms with Crippen molar-refractivity contribution in [3.05, 3.63) is 84.9 Å². The minimum atomic E-state index is 0.902. The number of furan rings is 2. The van der Waals surface area contributed by atoms with Crippen LogP contribution in [-0.4, -0.2) is 12.5 Å². The van der Waals surface area contributed by atoms with Crippen LogP contribution in [0.2, 0.25) is 0 Å². The lowest BCUT2D eigenvalue weighted by Crippen LogP contribution is -1.83. The van der Waals surface area contributed by atoms with Crippen molar-refractivity contribution >= 4 is 56.2 Å². The maximum absolute atomic E-state index is 6.37. The first-order chi connectivity index (χ1) is 15.8. The minimum absolute atomic E-state index is 0.902. The molecule has 0 aliphatic rings. The molecule has 0 fully saturated rings. The standard InChI is InChI=1S/C28H20O2S2/c1-31-27-23(17-9-5-3-6-10-17)25-20(29-27)15-13-19-14-16-21-26(22(19)25)24(28(30-21)32-2)18-11-7-4-8-12-18/h3-16H,1-2H3. The van der Waals surface area contributed by atoms with Crippen molar-refractivity contribution in [3.8, 4) is 22.3 Å². The van der Waals surface area contributed by atoms with Crippen molar-refractivity contribution in [1.82, 2.24) is 0 Å². The Hall–Kier alpha value is -3.08. The molecule has 0 saturated carbocycles. The van der Waals surface area contributed by atoms with Gasteiger partial charge in [-0.25, -0.2) is 0 Å². The summed E-state index contributed by atoms with van der Waals surface area (Å²) < 4.78 is 12.7. The Kier molecular flexibility index (Phi) is 4.78. The average Bonchev–Trinajstić information content (AvgIpc) is 3.43. The summed E-state index contributed by atoms with van der Waals surface area (Å²) in [6, 6.07) is 29.5. The molecule has 2 aromatic heterocycles. The summed E-state index contributed by atoms with van der Waals surface area (Å²) in [5, 5.41) is 6.53. The van der Waals surface area contributed by atoms with Gasteiger partial charge in [-0.15, -0.1) is 0 Å². The molecular formula is C28H20O2S2. The van der Waals surface area contributed by atoms with Crippen molar-refractivity contribution in [1.29, 1.82) is 0 Å². The maximum atomic E-state index is 6.37. The van der Waals surface area contributed by atoms with Gasteiger partial charge < -0.3 is 8.83 Å². The SMILES string of the molecule is CSc1oc2ccc3ccc4oc(SC)c(-c5ccccc5)c4c3c2c1-c1ccccc1. The van der Waals surface area contributed by atoms with Crippen LogP contribution in [0.25, 0.3) is 55.0 Å². The average molecular weight is 453 g/mol. The van der Waals surface area contributed by atoms with Gasteiger partial charge in [-0.2, -0.15) is 0 Å². The predicted octanol–water partition coefficient (Wildman–Crippen LogP) is 9.11. The molecule has 0 aliphatic heterocycles. The van der Waals surface area contributed by atoms with Gasteiger partial charge in [0.1, 0.15) is 11.2 Å². The quantitative estimate of drug-likeness (QED) is 0.249. The Morgan fingerprint density at radius 3 is 1.34 bits per heavy atom. The summed E-state index contributed by atoms with van der Waals surface area (Å²) in [5.41, 5.74) is 6.43. The van der Waals surface area contributed by atoms with Gasteiger partial charge in [0.2, 0.25) is 0 Å². The van der Waals surface area contributed by atoms with Gasteiger partial charge in [0.15, 0.2) is 10.2 Å². The van der Waals surface area contributed by atoms with Gasteiger partial charge in [0.05, 0.1) is 0 Å². The third-order valence-electron chi connectivity index (χ3n) is 5.92. The Balaban J connectivity index is 1.86. The van der Waals surface area contributed by atoms with E-state index in [9.17, 15) is 0 Å². The predicted molar refractivity (Wildman–Crippen MR) is 138 cm³/mol. The van der Waals surface area contributed by atoms with Crippen molar-refractivity contribution in [2.75, 3.05) is 12.5 Å². The lowest BCUT2D eigenvalue weighted by atomic mass is 9.94. The number of thioether (sulfide) groups is 2. The van der Waals surface area contributed by atoms with Crippen molar-refractivity contribution in [2.45, 2.75) is 10.2 Å². The van der Waals surface area contributed by atoms with E-state index in [0.717, 1.165) is 54.4 Å². The van der Waals surface area contributed by atoms with Crippen LogP contribution in [0.15, 0.2) is 104 Å². The molecule has 6 rings (SSSR count). The third kappa shape index (κ3) is 2.90. The molecule has 2 nitrogen and oxygen atoms in total. The zero-order chi connectivity index (χ0) is 21.7. The topological polar surface area (TPSA) is 26.3 Å². The molecule has 0 aliphatic carbocycles. The molecule has 0 radical (unpaired) electrons. The summed E-state index contributed by atoms with van der Waals surface area (Å²) in [6.07, 6.45) is 4.14. The van der Waals surface area contributed by atoms with E-state index in [4.69, 9.17) is 8.83 Å². The largest absolute Gasteiger partial charge is 0.449 e. The van der Waals surface area contributed by atoms with Crippen molar-refractivity contribution < 1.29 is 8.83 Å². The summed E-state index contributed by atoms with van der Waals surface area (Å²) in [7, 11) is 0. The molecule has 0 saturated heterocycles.